The summed E-state index contributed by atoms with van der Waals surface area (Å²) in [7, 11) is 1.66. The van der Waals surface area contributed by atoms with Crippen molar-refractivity contribution in [1.82, 2.24) is 20.4 Å². The molecule has 0 aliphatic carbocycles. The number of rotatable bonds is 9. The highest BCUT2D eigenvalue weighted by molar-refractivity contribution is 6.30. The van der Waals surface area contributed by atoms with E-state index in [1.54, 1.807) is 18.0 Å². The number of nitrogens with zero attached hydrogens (tertiary/aromatic N) is 2. The molecule has 2 N–H and O–H groups in total. The topological polar surface area (TPSA) is 68.2 Å². The normalized spacial score (nSPS) is 10.4. The number of carbonyl (C=O) groups excluding carboxylic acids is 1. The van der Waals surface area contributed by atoms with Crippen LogP contribution in [0.5, 0.6) is 0 Å². The summed E-state index contributed by atoms with van der Waals surface area (Å²) in [5.41, 5.74) is 2.30. The van der Waals surface area contributed by atoms with E-state index in [1.165, 1.54) is 0 Å². The van der Waals surface area contributed by atoms with E-state index in [1.807, 2.05) is 31.2 Å². The first kappa shape index (κ1) is 21.4. The summed E-state index contributed by atoms with van der Waals surface area (Å²) in [6.45, 7) is 4.66. The molecule has 2 aromatic rings. The van der Waals surface area contributed by atoms with Gasteiger partial charge in [0.15, 0.2) is 0 Å². The molecule has 0 aliphatic rings. The van der Waals surface area contributed by atoms with Gasteiger partial charge in [-0.05, 0) is 24.6 Å². The minimum Gasteiger partial charge on any atom is -0.383 e. The summed E-state index contributed by atoms with van der Waals surface area (Å²) < 4.78 is 6.71. The highest BCUT2D eigenvalue weighted by atomic mass is 35.5. The van der Waals surface area contributed by atoms with Gasteiger partial charge >= 0.3 is 0 Å². The molecule has 0 spiro atoms. The molecule has 0 bridgehead atoms. The van der Waals surface area contributed by atoms with Crippen LogP contribution in [0.3, 0.4) is 0 Å². The summed E-state index contributed by atoms with van der Waals surface area (Å²) in [4.78, 5) is 12.4. The van der Waals surface area contributed by atoms with Crippen molar-refractivity contribution in [2.45, 2.75) is 13.3 Å². The average Bonchev–Trinajstić information content (AvgIpc) is 3.02. The number of aromatic nitrogens is 2. The zero-order valence-corrected chi connectivity index (χ0v) is 16.0. The van der Waals surface area contributed by atoms with E-state index in [0.717, 1.165) is 17.9 Å². The van der Waals surface area contributed by atoms with Crippen LogP contribution in [-0.4, -0.2) is 49.0 Å². The fraction of sp³-hybridized carbons (Fsp3) is 0.412. The second kappa shape index (κ2) is 11.1. The zero-order chi connectivity index (χ0) is 17.4. The van der Waals surface area contributed by atoms with E-state index >= 15 is 0 Å². The van der Waals surface area contributed by atoms with Gasteiger partial charge < -0.3 is 15.4 Å². The van der Waals surface area contributed by atoms with Crippen molar-refractivity contribution in [2.75, 3.05) is 33.4 Å². The highest BCUT2D eigenvalue weighted by Gasteiger charge is 2.16. The maximum absolute atomic E-state index is 12.4. The van der Waals surface area contributed by atoms with Gasteiger partial charge in [-0.1, -0.05) is 24.6 Å². The van der Waals surface area contributed by atoms with Gasteiger partial charge in [-0.25, -0.2) is 4.68 Å². The van der Waals surface area contributed by atoms with E-state index in [0.29, 0.717) is 36.7 Å². The Morgan fingerprint density at radius 2 is 2.12 bits per heavy atom. The predicted octanol–water partition coefficient (Wildman–Crippen LogP) is 2.48. The molecule has 6 nitrogen and oxygen atoms in total. The maximum atomic E-state index is 12.4. The third-order valence-corrected chi connectivity index (χ3v) is 3.81. The Hall–Kier alpha value is -1.60. The number of benzene rings is 1. The van der Waals surface area contributed by atoms with E-state index in [4.69, 9.17) is 16.3 Å². The lowest BCUT2D eigenvalue weighted by atomic mass is 10.2. The second-order valence-electron chi connectivity index (χ2n) is 5.25. The Labute approximate surface area is 159 Å². The number of carbonyl (C=O) groups is 1. The lowest BCUT2D eigenvalue weighted by Gasteiger charge is -2.09. The number of hydrogen-bond acceptors (Lipinski definition) is 4. The van der Waals surface area contributed by atoms with Crippen molar-refractivity contribution in [1.29, 1.82) is 0 Å². The summed E-state index contributed by atoms with van der Waals surface area (Å²) in [6.07, 6.45) is 2.30. The van der Waals surface area contributed by atoms with E-state index in [-0.39, 0.29) is 18.3 Å². The molecule has 25 heavy (non-hydrogen) atoms. The van der Waals surface area contributed by atoms with Crippen LogP contribution >= 0.6 is 24.0 Å². The van der Waals surface area contributed by atoms with Gasteiger partial charge in [-0.15, -0.1) is 12.4 Å². The van der Waals surface area contributed by atoms with Crippen molar-refractivity contribution in [3.63, 3.8) is 0 Å². The molecule has 0 fully saturated rings. The number of halogens is 2. The van der Waals surface area contributed by atoms with Crippen molar-refractivity contribution in [3.8, 4) is 5.69 Å². The molecule has 138 valence electrons. The second-order valence-corrected chi connectivity index (χ2v) is 5.69. The van der Waals surface area contributed by atoms with Crippen LogP contribution in [-0.2, 0) is 11.2 Å². The van der Waals surface area contributed by atoms with E-state index in [2.05, 4.69) is 15.7 Å². The van der Waals surface area contributed by atoms with Crippen LogP contribution in [0.4, 0.5) is 0 Å². The average molecular weight is 387 g/mol. The van der Waals surface area contributed by atoms with Crippen molar-refractivity contribution < 1.29 is 9.53 Å². The quantitative estimate of drug-likeness (QED) is 0.649. The molecule has 0 aliphatic heterocycles. The van der Waals surface area contributed by atoms with Crippen molar-refractivity contribution in [3.05, 3.63) is 46.7 Å². The van der Waals surface area contributed by atoms with Crippen LogP contribution in [0.2, 0.25) is 5.02 Å². The molecule has 0 unspecified atom stereocenters. The fourth-order valence-corrected chi connectivity index (χ4v) is 2.58. The number of nitrogens with one attached hydrogen (secondary N) is 2. The zero-order valence-electron chi connectivity index (χ0n) is 14.4. The molecule has 0 saturated carbocycles. The lowest BCUT2D eigenvalue weighted by Crippen LogP contribution is -2.33. The van der Waals surface area contributed by atoms with Gasteiger partial charge in [0.25, 0.3) is 5.91 Å². The molecule has 0 radical (unpaired) electrons. The Bertz CT molecular complexity index is 676. The van der Waals surface area contributed by atoms with Gasteiger partial charge in [0.1, 0.15) is 0 Å². The molecule has 1 aromatic carbocycles. The maximum Gasteiger partial charge on any atom is 0.254 e. The largest absolute Gasteiger partial charge is 0.383 e. The first-order valence-electron chi connectivity index (χ1n) is 7.98. The number of ether oxygens (including phenoxy) is 1. The van der Waals surface area contributed by atoms with Crippen LogP contribution in [0.25, 0.3) is 5.69 Å². The van der Waals surface area contributed by atoms with Crippen molar-refractivity contribution >= 4 is 29.9 Å². The fourth-order valence-electron chi connectivity index (χ4n) is 2.39. The minimum atomic E-state index is -0.117. The van der Waals surface area contributed by atoms with Gasteiger partial charge in [-0.2, -0.15) is 5.10 Å². The molecular formula is C17H24Cl2N4O2. The predicted molar refractivity (Wildman–Crippen MR) is 102 cm³/mol. The Morgan fingerprint density at radius 3 is 2.80 bits per heavy atom. The van der Waals surface area contributed by atoms with Gasteiger partial charge in [0.2, 0.25) is 0 Å². The highest BCUT2D eigenvalue weighted by Crippen LogP contribution is 2.19. The van der Waals surface area contributed by atoms with Gasteiger partial charge in [-0.3, -0.25) is 4.79 Å². The van der Waals surface area contributed by atoms with E-state index < -0.39 is 0 Å². The molecule has 1 amide bonds. The Morgan fingerprint density at radius 1 is 1.32 bits per heavy atom. The third-order valence-electron chi connectivity index (χ3n) is 3.57. The van der Waals surface area contributed by atoms with Crippen LogP contribution in [0.15, 0.2) is 30.5 Å². The molecule has 1 aromatic heterocycles. The Kier molecular flexibility index (Phi) is 9.52. The summed E-state index contributed by atoms with van der Waals surface area (Å²) in [6, 6.07) is 7.42. The molecule has 1 heterocycles. The van der Waals surface area contributed by atoms with Gasteiger partial charge in [0.05, 0.1) is 29.7 Å². The lowest BCUT2D eigenvalue weighted by molar-refractivity contribution is 0.0952. The molecule has 8 heteroatoms. The summed E-state index contributed by atoms with van der Waals surface area (Å²) >= 11 is 6.04. The standard InChI is InChI=1S/C17H23ClN4O2.ClH/c1-3-16-15(17(23)20-8-7-19-9-10-24-2)12-21-22(16)14-6-4-5-13(18)11-14;/h4-6,11-12,19H,3,7-10H2,1-2H3,(H,20,23);1H. The van der Waals surface area contributed by atoms with Crippen LogP contribution in [0.1, 0.15) is 23.0 Å². The minimum absolute atomic E-state index is 0. The molecule has 0 atom stereocenters. The molecule has 0 saturated heterocycles. The number of amides is 1. The monoisotopic (exact) mass is 386 g/mol. The Balaban J connectivity index is 0.00000312. The summed E-state index contributed by atoms with van der Waals surface area (Å²) in [5, 5.41) is 11.1. The van der Waals surface area contributed by atoms with Gasteiger partial charge in [0, 0.05) is 31.8 Å². The first-order chi connectivity index (χ1) is 11.7. The summed E-state index contributed by atoms with van der Waals surface area (Å²) in [5.74, 6) is -0.117. The number of methoxy groups -OCH3 is 1. The smallest absolute Gasteiger partial charge is 0.254 e. The molecular weight excluding hydrogens is 363 g/mol. The number of hydrogen-bond donors (Lipinski definition) is 2. The van der Waals surface area contributed by atoms with Crippen LogP contribution < -0.4 is 10.6 Å². The van der Waals surface area contributed by atoms with E-state index in [9.17, 15) is 4.79 Å². The van der Waals surface area contributed by atoms with Crippen LogP contribution in [0, 0.1) is 0 Å². The first-order valence-corrected chi connectivity index (χ1v) is 8.35. The third kappa shape index (κ3) is 6.01. The SMILES string of the molecule is CCc1c(C(=O)NCCNCCOC)cnn1-c1cccc(Cl)c1.Cl. The molecule has 2 rings (SSSR count). The van der Waals surface area contributed by atoms with Crippen molar-refractivity contribution in [2.24, 2.45) is 0 Å².